The zero-order valence-corrected chi connectivity index (χ0v) is 12.0. The SMILES string of the molecule is CCCCCC(C(C)=O)C(C(C)=O)(C(C)=O)C(=O)O. The number of carbonyl (C=O) groups excluding carboxylic acids is 3. The fourth-order valence-corrected chi connectivity index (χ4v) is 2.51. The minimum atomic E-state index is -2.22. The number of rotatable bonds is 9. The van der Waals surface area contributed by atoms with E-state index in [-0.39, 0.29) is 6.42 Å². The zero-order chi connectivity index (χ0) is 15.2. The summed E-state index contributed by atoms with van der Waals surface area (Å²) in [5.41, 5.74) is -2.22. The Hall–Kier alpha value is -1.52. The molecule has 0 saturated heterocycles. The number of hydrogen-bond acceptors (Lipinski definition) is 4. The first-order valence-corrected chi connectivity index (χ1v) is 6.48. The maximum Gasteiger partial charge on any atom is 0.325 e. The maximum absolute atomic E-state index is 11.8. The van der Waals surface area contributed by atoms with E-state index in [1.54, 1.807) is 0 Å². The fraction of sp³-hybridized carbons (Fsp3) is 0.714. The Balaban J connectivity index is 5.62. The Bertz CT molecular complexity index is 347. The van der Waals surface area contributed by atoms with Crippen molar-refractivity contribution in [2.75, 3.05) is 0 Å². The largest absolute Gasteiger partial charge is 0.480 e. The second kappa shape index (κ2) is 7.16. The van der Waals surface area contributed by atoms with Crippen molar-refractivity contribution in [3.63, 3.8) is 0 Å². The number of carbonyl (C=O) groups is 4. The zero-order valence-electron chi connectivity index (χ0n) is 12.0. The van der Waals surface area contributed by atoms with Gasteiger partial charge in [-0.3, -0.25) is 19.2 Å². The molecule has 1 N–H and O–H groups in total. The standard InChI is InChI=1S/C14H22O5/c1-5-6-7-8-12(9(2)15)14(10(3)16,11(4)17)13(18)19/h12H,5-8H2,1-4H3,(H,18,19). The normalized spacial score (nSPS) is 12.8. The summed E-state index contributed by atoms with van der Waals surface area (Å²) in [6.45, 7) is 5.33. The van der Waals surface area contributed by atoms with Crippen molar-refractivity contribution < 1.29 is 24.3 Å². The monoisotopic (exact) mass is 270 g/mol. The van der Waals surface area contributed by atoms with Crippen LogP contribution >= 0.6 is 0 Å². The average Bonchev–Trinajstić information content (AvgIpc) is 2.26. The Morgan fingerprint density at radius 1 is 1.00 bits per heavy atom. The summed E-state index contributed by atoms with van der Waals surface area (Å²) in [4.78, 5) is 46.8. The van der Waals surface area contributed by atoms with Gasteiger partial charge in [0.05, 0.1) is 0 Å². The lowest BCUT2D eigenvalue weighted by atomic mass is 9.66. The maximum atomic E-state index is 11.8. The lowest BCUT2D eigenvalue weighted by Gasteiger charge is -2.31. The molecule has 0 radical (unpaired) electrons. The molecule has 5 heteroatoms. The average molecular weight is 270 g/mol. The minimum Gasteiger partial charge on any atom is -0.480 e. The number of carboxylic acid groups (broad SMARTS) is 1. The smallest absolute Gasteiger partial charge is 0.325 e. The molecule has 0 spiro atoms. The summed E-state index contributed by atoms with van der Waals surface area (Å²) in [6, 6.07) is 0. The number of unbranched alkanes of at least 4 members (excludes halogenated alkanes) is 2. The van der Waals surface area contributed by atoms with Gasteiger partial charge in [0.1, 0.15) is 5.78 Å². The van der Waals surface area contributed by atoms with Crippen molar-refractivity contribution in [1.82, 2.24) is 0 Å². The third-order valence-electron chi connectivity index (χ3n) is 3.56. The molecule has 19 heavy (non-hydrogen) atoms. The van der Waals surface area contributed by atoms with Crippen LogP contribution in [0.1, 0.15) is 53.4 Å². The third-order valence-corrected chi connectivity index (χ3v) is 3.56. The highest BCUT2D eigenvalue weighted by Crippen LogP contribution is 2.35. The van der Waals surface area contributed by atoms with Crippen molar-refractivity contribution in [2.24, 2.45) is 11.3 Å². The lowest BCUT2D eigenvalue weighted by molar-refractivity contribution is -0.165. The van der Waals surface area contributed by atoms with Crippen molar-refractivity contribution in [3.05, 3.63) is 0 Å². The molecule has 0 heterocycles. The predicted molar refractivity (Wildman–Crippen MR) is 69.7 cm³/mol. The van der Waals surface area contributed by atoms with E-state index in [1.807, 2.05) is 6.92 Å². The van der Waals surface area contributed by atoms with Gasteiger partial charge in [0.15, 0.2) is 17.0 Å². The lowest BCUT2D eigenvalue weighted by Crippen LogP contribution is -2.52. The van der Waals surface area contributed by atoms with Gasteiger partial charge >= 0.3 is 5.97 Å². The van der Waals surface area contributed by atoms with Crippen molar-refractivity contribution in [2.45, 2.75) is 53.4 Å². The summed E-state index contributed by atoms with van der Waals surface area (Å²) < 4.78 is 0. The molecular formula is C14H22O5. The second-order valence-corrected chi connectivity index (χ2v) is 4.88. The van der Waals surface area contributed by atoms with E-state index in [0.717, 1.165) is 26.7 Å². The first-order chi connectivity index (χ1) is 8.72. The van der Waals surface area contributed by atoms with Gasteiger partial charge < -0.3 is 5.11 Å². The van der Waals surface area contributed by atoms with Gasteiger partial charge in [-0.1, -0.05) is 26.2 Å². The van der Waals surface area contributed by atoms with E-state index in [4.69, 9.17) is 0 Å². The highest BCUT2D eigenvalue weighted by molar-refractivity contribution is 6.23. The van der Waals surface area contributed by atoms with E-state index in [9.17, 15) is 24.3 Å². The highest BCUT2D eigenvalue weighted by atomic mass is 16.4. The van der Waals surface area contributed by atoms with Gasteiger partial charge in [0.25, 0.3) is 0 Å². The Morgan fingerprint density at radius 2 is 1.47 bits per heavy atom. The van der Waals surface area contributed by atoms with E-state index in [1.165, 1.54) is 6.92 Å². The number of hydrogen-bond donors (Lipinski definition) is 1. The molecule has 1 atom stereocenters. The number of Topliss-reactive ketones (excluding diaryl/α,β-unsaturated/α-hetero) is 3. The van der Waals surface area contributed by atoms with Crippen molar-refractivity contribution in [3.8, 4) is 0 Å². The van der Waals surface area contributed by atoms with Crippen LogP contribution in [0.3, 0.4) is 0 Å². The Morgan fingerprint density at radius 3 is 1.74 bits per heavy atom. The van der Waals surface area contributed by atoms with Gasteiger partial charge in [-0.15, -0.1) is 0 Å². The van der Waals surface area contributed by atoms with Crippen LogP contribution in [-0.2, 0) is 19.2 Å². The van der Waals surface area contributed by atoms with E-state index < -0.39 is 34.7 Å². The molecule has 5 nitrogen and oxygen atoms in total. The molecule has 0 aliphatic rings. The van der Waals surface area contributed by atoms with Crippen LogP contribution in [0.2, 0.25) is 0 Å². The van der Waals surface area contributed by atoms with Crippen LogP contribution in [0.25, 0.3) is 0 Å². The molecule has 0 aromatic heterocycles. The summed E-state index contributed by atoms with van der Waals surface area (Å²) in [5, 5.41) is 9.35. The fourth-order valence-electron chi connectivity index (χ4n) is 2.51. The molecule has 0 amide bonds. The number of ketones is 3. The van der Waals surface area contributed by atoms with E-state index >= 15 is 0 Å². The molecule has 108 valence electrons. The van der Waals surface area contributed by atoms with Crippen LogP contribution < -0.4 is 0 Å². The molecule has 0 saturated carbocycles. The van der Waals surface area contributed by atoms with Gasteiger partial charge in [-0.2, -0.15) is 0 Å². The Kier molecular flexibility index (Phi) is 6.59. The molecule has 1 unspecified atom stereocenters. The second-order valence-electron chi connectivity index (χ2n) is 4.88. The first-order valence-electron chi connectivity index (χ1n) is 6.48. The molecule has 0 aliphatic carbocycles. The van der Waals surface area contributed by atoms with Gasteiger partial charge in [0, 0.05) is 5.92 Å². The topological polar surface area (TPSA) is 88.5 Å². The molecule has 0 rings (SSSR count). The highest BCUT2D eigenvalue weighted by Gasteiger charge is 2.55. The number of aliphatic carboxylic acids is 1. The molecular weight excluding hydrogens is 248 g/mol. The quantitative estimate of drug-likeness (QED) is 0.511. The Labute approximate surface area is 113 Å². The van der Waals surface area contributed by atoms with E-state index in [0.29, 0.717) is 6.42 Å². The van der Waals surface area contributed by atoms with Crippen molar-refractivity contribution >= 4 is 23.3 Å². The molecule has 0 bridgehead atoms. The van der Waals surface area contributed by atoms with Crippen LogP contribution in [-0.4, -0.2) is 28.4 Å². The molecule has 0 aromatic rings. The molecule has 0 aromatic carbocycles. The summed E-state index contributed by atoms with van der Waals surface area (Å²) >= 11 is 0. The predicted octanol–water partition coefficient (Wildman–Crippen LogP) is 2.02. The number of carboxylic acids is 1. The van der Waals surface area contributed by atoms with Crippen LogP contribution in [0.5, 0.6) is 0 Å². The van der Waals surface area contributed by atoms with Crippen molar-refractivity contribution in [1.29, 1.82) is 0 Å². The minimum absolute atomic E-state index is 0.245. The van der Waals surface area contributed by atoms with Crippen LogP contribution in [0.15, 0.2) is 0 Å². The molecule has 0 fully saturated rings. The van der Waals surface area contributed by atoms with Crippen LogP contribution in [0, 0.1) is 11.3 Å². The summed E-state index contributed by atoms with van der Waals surface area (Å²) in [6.07, 6.45) is 2.60. The van der Waals surface area contributed by atoms with Gasteiger partial charge in [-0.25, -0.2) is 0 Å². The van der Waals surface area contributed by atoms with Gasteiger partial charge in [0.2, 0.25) is 0 Å². The van der Waals surface area contributed by atoms with Gasteiger partial charge in [-0.05, 0) is 27.2 Å². The summed E-state index contributed by atoms with van der Waals surface area (Å²) in [5.74, 6) is -4.58. The molecule has 0 aliphatic heterocycles. The third kappa shape index (κ3) is 3.49. The van der Waals surface area contributed by atoms with Crippen LogP contribution in [0.4, 0.5) is 0 Å². The van der Waals surface area contributed by atoms with E-state index in [2.05, 4.69) is 0 Å². The summed E-state index contributed by atoms with van der Waals surface area (Å²) in [7, 11) is 0. The first kappa shape index (κ1) is 17.5.